The van der Waals surface area contributed by atoms with Crippen molar-refractivity contribution in [1.82, 2.24) is 15.2 Å². The van der Waals surface area contributed by atoms with Crippen LogP contribution < -0.4 is 14.4 Å². The molecule has 4 rings (SSSR count). The summed E-state index contributed by atoms with van der Waals surface area (Å²) in [7, 11) is 1.56. The third kappa shape index (κ3) is 4.18. The minimum atomic E-state index is -0.853. The molecule has 1 aromatic heterocycles. The first-order valence-electron chi connectivity index (χ1n) is 9.80. The molecule has 0 bridgehead atoms. The Morgan fingerprint density at radius 3 is 2.81 bits per heavy atom. The number of thioether (sulfide) groups is 1. The van der Waals surface area contributed by atoms with E-state index in [1.807, 2.05) is 24.3 Å². The molecule has 2 aromatic carbocycles. The van der Waals surface area contributed by atoms with Crippen molar-refractivity contribution in [3.63, 3.8) is 0 Å². The summed E-state index contributed by atoms with van der Waals surface area (Å²) in [6.07, 6.45) is 0.129. The van der Waals surface area contributed by atoms with E-state index in [0.717, 1.165) is 12.2 Å². The molecule has 0 saturated heterocycles. The average molecular weight is 457 g/mol. The van der Waals surface area contributed by atoms with Crippen molar-refractivity contribution < 1.29 is 14.3 Å². The van der Waals surface area contributed by atoms with Crippen molar-refractivity contribution in [2.75, 3.05) is 17.8 Å². The number of methoxy groups -OCH3 is 1. The number of carbonyl (C=O) groups excluding carboxylic acids is 1. The molecule has 0 spiro atoms. The van der Waals surface area contributed by atoms with Crippen molar-refractivity contribution in [3.05, 3.63) is 53.1 Å². The smallest absolute Gasteiger partial charge is 0.247 e. The van der Waals surface area contributed by atoms with Crippen LogP contribution in [0.4, 0.5) is 5.69 Å². The minimum absolute atomic E-state index is 0.208. The van der Waals surface area contributed by atoms with Gasteiger partial charge in [-0.3, -0.25) is 9.69 Å². The van der Waals surface area contributed by atoms with Crippen LogP contribution in [0.25, 0.3) is 11.3 Å². The van der Waals surface area contributed by atoms with E-state index in [1.54, 1.807) is 30.2 Å². The second-order valence-corrected chi connectivity index (χ2v) is 8.36. The lowest BCUT2D eigenvalue weighted by Crippen LogP contribution is -2.36. The van der Waals surface area contributed by atoms with Crippen molar-refractivity contribution in [3.8, 4) is 22.9 Å². The molecule has 0 aliphatic carbocycles. The van der Waals surface area contributed by atoms with Crippen LogP contribution in [-0.4, -0.2) is 34.0 Å². The molecule has 0 radical (unpaired) electrons. The monoisotopic (exact) mass is 456 g/mol. The molecule has 1 amide bonds. The average Bonchev–Trinajstić information content (AvgIpc) is 2.91. The summed E-state index contributed by atoms with van der Waals surface area (Å²) in [5, 5.41) is 9.68. The zero-order valence-corrected chi connectivity index (χ0v) is 18.9. The molecule has 3 aromatic rings. The molecule has 1 aliphatic heterocycles. The summed E-state index contributed by atoms with van der Waals surface area (Å²) in [6, 6.07) is 12.7. The van der Waals surface area contributed by atoms with Gasteiger partial charge in [0.15, 0.2) is 5.69 Å². The first kappa shape index (κ1) is 21.4. The van der Waals surface area contributed by atoms with E-state index in [-0.39, 0.29) is 5.91 Å². The molecule has 7 nitrogen and oxygen atoms in total. The Kier molecular flexibility index (Phi) is 6.29. The molecule has 0 saturated carbocycles. The Balaban J connectivity index is 1.94. The highest BCUT2D eigenvalue weighted by Crippen LogP contribution is 2.45. The number of aromatic nitrogens is 3. The van der Waals surface area contributed by atoms with E-state index >= 15 is 0 Å². The molecular weight excluding hydrogens is 436 g/mol. The molecule has 1 aliphatic rings. The maximum atomic E-state index is 12.9. The van der Waals surface area contributed by atoms with Crippen LogP contribution in [0, 0.1) is 0 Å². The number of hydrogen-bond donors (Lipinski definition) is 0. The number of nitrogens with zero attached hydrogens (tertiary/aromatic N) is 4. The van der Waals surface area contributed by atoms with Crippen LogP contribution >= 0.6 is 23.4 Å². The summed E-state index contributed by atoms with van der Waals surface area (Å²) >= 11 is 7.79. The summed E-state index contributed by atoms with van der Waals surface area (Å²) < 4.78 is 11.9. The van der Waals surface area contributed by atoms with Gasteiger partial charge >= 0.3 is 0 Å². The predicted molar refractivity (Wildman–Crippen MR) is 121 cm³/mol. The fourth-order valence-electron chi connectivity index (χ4n) is 3.41. The quantitative estimate of drug-likeness (QED) is 0.491. The van der Waals surface area contributed by atoms with E-state index < -0.39 is 6.23 Å². The lowest BCUT2D eigenvalue weighted by Gasteiger charge is -2.30. The van der Waals surface area contributed by atoms with Gasteiger partial charge in [-0.15, -0.1) is 10.2 Å². The van der Waals surface area contributed by atoms with Crippen LogP contribution in [0.5, 0.6) is 11.6 Å². The first-order valence-corrected chi connectivity index (χ1v) is 11.2. The second kappa shape index (κ2) is 9.11. The van der Waals surface area contributed by atoms with Crippen LogP contribution in [0.1, 0.15) is 32.1 Å². The van der Waals surface area contributed by atoms with Crippen LogP contribution in [0.2, 0.25) is 5.02 Å². The van der Waals surface area contributed by atoms with Crippen LogP contribution in [-0.2, 0) is 4.79 Å². The molecule has 1 atom stereocenters. The van der Waals surface area contributed by atoms with Gasteiger partial charge in [-0.1, -0.05) is 48.5 Å². The SMILES string of the molecule is CCCSc1nnc2c(n1)O[C@H](c1cc(Cl)ccc1OC)N(C(C)=O)c1ccccc1-2. The van der Waals surface area contributed by atoms with E-state index in [2.05, 4.69) is 22.1 Å². The van der Waals surface area contributed by atoms with Gasteiger partial charge in [-0.25, -0.2) is 0 Å². The van der Waals surface area contributed by atoms with Crippen molar-refractivity contribution in [2.24, 2.45) is 0 Å². The van der Waals surface area contributed by atoms with E-state index in [1.165, 1.54) is 18.7 Å². The number of anilines is 1. The van der Waals surface area contributed by atoms with E-state index in [4.69, 9.17) is 21.1 Å². The highest BCUT2D eigenvalue weighted by molar-refractivity contribution is 7.99. The lowest BCUT2D eigenvalue weighted by molar-refractivity contribution is -0.118. The molecule has 0 fully saturated rings. The molecule has 0 N–H and O–H groups in total. The zero-order valence-electron chi connectivity index (χ0n) is 17.3. The molecule has 2 heterocycles. The number of rotatable bonds is 5. The third-order valence-corrected chi connectivity index (χ3v) is 6.02. The lowest BCUT2D eigenvalue weighted by atomic mass is 10.1. The number of fused-ring (bicyclic) bond motifs is 3. The van der Waals surface area contributed by atoms with E-state index in [9.17, 15) is 4.79 Å². The van der Waals surface area contributed by atoms with Gasteiger partial charge in [0.25, 0.3) is 0 Å². The fourth-order valence-corrected chi connectivity index (χ4v) is 4.22. The summed E-state index contributed by atoms with van der Waals surface area (Å²) in [5.74, 6) is 1.50. The highest BCUT2D eigenvalue weighted by atomic mass is 35.5. The zero-order chi connectivity index (χ0) is 22.0. The Hall–Kier alpha value is -2.84. The number of carbonyl (C=O) groups is 1. The minimum Gasteiger partial charge on any atom is -0.496 e. The standard InChI is InChI=1S/C22H21ClN4O3S/c1-4-11-31-22-24-20-19(25-26-22)15-7-5-6-8-17(15)27(13(2)28)21(30-20)16-12-14(23)9-10-18(16)29-3/h5-10,12,21H,4,11H2,1-3H3/t21-/m1/s1. The summed E-state index contributed by atoms with van der Waals surface area (Å²) in [5.41, 5.74) is 2.44. The maximum absolute atomic E-state index is 12.9. The summed E-state index contributed by atoms with van der Waals surface area (Å²) in [6.45, 7) is 3.57. The van der Waals surface area contributed by atoms with Crippen molar-refractivity contribution in [2.45, 2.75) is 31.7 Å². The second-order valence-electron chi connectivity index (χ2n) is 6.86. The Morgan fingerprint density at radius 2 is 2.06 bits per heavy atom. The van der Waals surface area contributed by atoms with Crippen molar-refractivity contribution in [1.29, 1.82) is 0 Å². The number of para-hydroxylation sites is 1. The van der Waals surface area contributed by atoms with Gasteiger partial charge in [0.1, 0.15) is 5.75 Å². The van der Waals surface area contributed by atoms with Crippen LogP contribution in [0.15, 0.2) is 47.6 Å². The van der Waals surface area contributed by atoms with Crippen LogP contribution in [0.3, 0.4) is 0 Å². The van der Waals surface area contributed by atoms with Gasteiger partial charge in [0.05, 0.1) is 18.4 Å². The normalized spacial score (nSPS) is 14.8. The van der Waals surface area contributed by atoms with Crippen molar-refractivity contribution >= 4 is 35.0 Å². The molecule has 31 heavy (non-hydrogen) atoms. The number of hydrogen-bond acceptors (Lipinski definition) is 7. The molecule has 9 heteroatoms. The van der Waals surface area contributed by atoms with Gasteiger partial charge in [0, 0.05) is 23.3 Å². The molecule has 0 unspecified atom stereocenters. The molecule has 160 valence electrons. The topological polar surface area (TPSA) is 77.4 Å². The Labute approximate surface area is 189 Å². The number of benzene rings is 2. The number of amides is 1. The van der Waals surface area contributed by atoms with Gasteiger partial charge in [-0.05, 0) is 30.7 Å². The largest absolute Gasteiger partial charge is 0.496 e. The number of ether oxygens (including phenoxy) is 2. The Bertz CT molecular complexity index is 1130. The van der Waals surface area contributed by atoms with Gasteiger partial charge in [-0.2, -0.15) is 4.98 Å². The third-order valence-electron chi connectivity index (χ3n) is 4.74. The van der Waals surface area contributed by atoms with Gasteiger partial charge < -0.3 is 9.47 Å². The van der Waals surface area contributed by atoms with Gasteiger partial charge in [0.2, 0.25) is 23.2 Å². The molecular formula is C22H21ClN4O3S. The Morgan fingerprint density at radius 1 is 1.26 bits per heavy atom. The first-order chi connectivity index (χ1) is 15.0. The fraction of sp³-hybridized carbons (Fsp3) is 0.273. The summed E-state index contributed by atoms with van der Waals surface area (Å²) in [4.78, 5) is 19.0. The maximum Gasteiger partial charge on any atom is 0.247 e. The number of halogens is 1. The highest BCUT2D eigenvalue weighted by Gasteiger charge is 2.36. The van der Waals surface area contributed by atoms with E-state index in [0.29, 0.717) is 44.3 Å². The predicted octanol–water partition coefficient (Wildman–Crippen LogP) is 5.15.